The molecule has 21 heavy (non-hydrogen) atoms. The van der Waals surface area contributed by atoms with Crippen LogP contribution in [0.3, 0.4) is 0 Å². The van der Waals surface area contributed by atoms with Crippen molar-refractivity contribution < 1.29 is 8.78 Å². The van der Waals surface area contributed by atoms with Gasteiger partial charge in [0, 0.05) is 14.9 Å². The standard InChI is InChI=1S/C8H9FIN.C8H10FN/c1-2-5-3-7(10)8(11)4-6(5)9;1-2-6-3-4-7(10)5-8(6)9/h3-4H,2,11H2,1H3;3-5H,2,10H2,1H3. The fourth-order valence-corrected chi connectivity index (χ4v) is 2.26. The van der Waals surface area contributed by atoms with Crippen LogP contribution in [-0.2, 0) is 12.8 Å². The highest BCUT2D eigenvalue weighted by Gasteiger charge is 2.03. The maximum absolute atomic E-state index is 12.9. The Kier molecular flexibility index (Phi) is 6.87. The van der Waals surface area contributed by atoms with Gasteiger partial charge in [-0.2, -0.15) is 0 Å². The smallest absolute Gasteiger partial charge is 0.128 e. The van der Waals surface area contributed by atoms with Crippen LogP contribution in [0.25, 0.3) is 0 Å². The lowest BCUT2D eigenvalue weighted by atomic mass is 10.1. The van der Waals surface area contributed by atoms with E-state index < -0.39 is 0 Å². The summed E-state index contributed by atoms with van der Waals surface area (Å²) in [6.45, 7) is 3.83. The number of rotatable bonds is 2. The summed E-state index contributed by atoms with van der Waals surface area (Å²) < 4.78 is 26.6. The third-order valence-electron chi connectivity index (χ3n) is 3.00. The minimum absolute atomic E-state index is 0.203. The number of benzene rings is 2. The van der Waals surface area contributed by atoms with E-state index in [0.29, 0.717) is 29.8 Å². The number of halogens is 3. The van der Waals surface area contributed by atoms with Crippen LogP contribution in [0, 0.1) is 15.2 Å². The monoisotopic (exact) mass is 404 g/mol. The molecule has 0 saturated carbocycles. The molecule has 0 radical (unpaired) electrons. The van der Waals surface area contributed by atoms with E-state index in [-0.39, 0.29) is 11.6 Å². The molecular formula is C16H19F2IN2. The zero-order valence-electron chi connectivity index (χ0n) is 12.1. The highest BCUT2D eigenvalue weighted by Crippen LogP contribution is 2.19. The SMILES string of the molecule is CCc1cc(I)c(N)cc1F.CCc1ccc(N)cc1F. The topological polar surface area (TPSA) is 52.0 Å². The second kappa shape index (κ2) is 8.17. The summed E-state index contributed by atoms with van der Waals surface area (Å²) in [6, 6.07) is 7.93. The lowest BCUT2D eigenvalue weighted by Gasteiger charge is -2.02. The summed E-state index contributed by atoms with van der Waals surface area (Å²) in [4.78, 5) is 0. The first kappa shape index (κ1) is 17.7. The van der Waals surface area contributed by atoms with Crippen LogP contribution in [0.2, 0.25) is 0 Å². The first-order valence-electron chi connectivity index (χ1n) is 6.66. The second-order valence-electron chi connectivity index (χ2n) is 4.52. The van der Waals surface area contributed by atoms with Crippen LogP contribution in [0.4, 0.5) is 20.2 Å². The normalized spacial score (nSPS) is 9.95. The predicted octanol–water partition coefficient (Wildman–Crippen LogP) is 4.55. The van der Waals surface area contributed by atoms with Crippen molar-refractivity contribution >= 4 is 34.0 Å². The molecule has 0 saturated heterocycles. The molecule has 0 heterocycles. The van der Waals surface area contributed by atoms with Gasteiger partial charge in [0.1, 0.15) is 11.6 Å². The molecule has 0 bridgehead atoms. The molecule has 0 amide bonds. The Morgan fingerprint density at radius 2 is 1.48 bits per heavy atom. The fraction of sp³-hybridized carbons (Fsp3) is 0.250. The van der Waals surface area contributed by atoms with Crippen LogP contribution in [0.1, 0.15) is 25.0 Å². The molecule has 2 rings (SSSR count). The summed E-state index contributed by atoms with van der Waals surface area (Å²) in [7, 11) is 0. The van der Waals surface area contributed by atoms with E-state index in [1.165, 1.54) is 12.1 Å². The molecule has 0 unspecified atom stereocenters. The second-order valence-corrected chi connectivity index (χ2v) is 5.69. The average molecular weight is 404 g/mol. The van der Waals surface area contributed by atoms with Gasteiger partial charge in [-0.15, -0.1) is 0 Å². The van der Waals surface area contributed by atoms with Gasteiger partial charge in [0.2, 0.25) is 0 Å². The largest absolute Gasteiger partial charge is 0.399 e. The van der Waals surface area contributed by atoms with Gasteiger partial charge in [0.15, 0.2) is 0 Å². The molecule has 2 aromatic rings. The van der Waals surface area contributed by atoms with E-state index >= 15 is 0 Å². The fourth-order valence-electron chi connectivity index (χ4n) is 1.72. The first-order chi connectivity index (χ1) is 9.88. The number of anilines is 2. The predicted molar refractivity (Wildman–Crippen MR) is 93.1 cm³/mol. The third-order valence-corrected chi connectivity index (χ3v) is 3.94. The molecule has 0 aliphatic carbocycles. The Hall–Kier alpha value is -1.37. The van der Waals surface area contributed by atoms with Crippen molar-refractivity contribution in [2.45, 2.75) is 26.7 Å². The van der Waals surface area contributed by atoms with Crippen molar-refractivity contribution in [3.8, 4) is 0 Å². The summed E-state index contributed by atoms with van der Waals surface area (Å²) in [6.07, 6.45) is 1.42. The molecule has 0 spiro atoms. The van der Waals surface area contributed by atoms with Crippen molar-refractivity contribution in [1.29, 1.82) is 0 Å². The molecule has 0 aromatic heterocycles. The molecule has 0 atom stereocenters. The lowest BCUT2D eigenvalue weighted by molar-refractivity contribution is 0.612. The van der Waals surface area contributed by atoms with Gasteiger partial charge in [-0.25, -0.2) is 8.78 Å². The van der Waals surface area contributed by atoms with Crippen LogP contribution in [-0.4, -0.2) is 0 Å². The molecule has 5 heteroatoms. The Morgan fingerprint density at radius 3 is 2.00 bits per heavy atom. The zero-order chi connectivity index (χ0) is 16.0. The van der Waals surface area contributed by atoms with Gasteiger partial charge in [-0.05, 0) is 70.8 Å². The molecule has 0 aliphatic heterocycles. The van der Waals surface area contributed by atoms with Crippen molar-refractivity contribution in [3.63, 3.8) is 0 Å². The van der Waals surface area contributed by atoms with E-state index in [0.717, 1.165) is 9.13 Å². The van der Waals surface area contributed by atoms with Crippen molar-refractivity contribution in [2.24, 2.45) is 0 Å². The molecule has 2 aromatic carbocycles. The van der Waals surface area contributed by atoms with Crippen LogP contribution >= 0.6 is 22.6 Å². The summed E-state index contributed by atoms with van der Waals surface area (Å²) in [5.41, 5.74) is 13.3. The summed E-state index contributed by atoms with van der Waals surface area (Å²) in [5.74, 6) is -0.409. The van der Waals surface area contributed by atoms with Gasteiger partial charge >= 0.3 is 0 Å². The van der Waals surface area contributed by atoms with E-state index in [9.17, 15) is 8.78 Å². The lowest BCUT2D eigenvalue weighted by Crippen LogP contribution is -1.95. The molecule has 0 fully saturated rings. The number of aryl methyl sites for hydroxylation is 2. The third kappa shape index (κ3) is 5.15. The minimum atomic E-state index is -0.206. The van der Waals surface area contributed by atoms with Crippen LogP contribution in [0.5, 0.6) is 0 Å². The number of hydrogen-bond donors (Lipinski definition) is 2. The maximum Gasteiger partial charge on any atom is 0.128 e. The van der Waals surface area contributed by atoms with Gasteiger partial charge in [-0.3, -0.25) is 0 Å². The van der Waals surface area contributed by atoms with E-state index in [1.807, 2.05) is 13.8 Å². The Morgan fingerprint density at radius 1 is 0.905 bits per heavy atom. The summed E-state index contributed by atoms with van der Waals surface area (Å²) >= 11 is 2.10. The van der Waals surface area contributed by atoms with Gasteiger partial charge < -0.3 is 11.5 Å². The van der Waals surface area contributed by atoms with Crippen LogP contribution in [0.15, 0.2) is 30.3 Å². The van der Waals surface area contributed by atoms with E-state index in [4.69, 9.17) is 11.5 Å². The molecule has 114 valence electrons. The molecular weight excluding hydrogens is 385 g/mol. The minimum Gasteiger partial charge on any atom is -0.399 e. The van der Waals surface area contributed by atoms with E-state index in [2.05, 4.69) is 22.6 Å². The van der Waals surface area contributed by atoms with E-state index in [1.54, 1.807) is 18.2 Å². The van der Waals surface area contributed by atoms with Gasteiger partial charge in [-0.1, -0.05) is 19.9 Å². The number of hydrogen-bond acceptors (Lipinski definition) is 2. The highest BCUT2D eigenvalue weighted by atomic mass is 127. The number of nitrogens with two attached hydrogens (primary N) is 2. The van der Waals surface area contributed by atoms with Gasteiger partial charge in [0.05, 0.1) is 0 Å². The molecule has 0 aliphatic rings. The Balaban J connectivity index is 0.000000211. The summed E-state index contributed by atoms with van der Waals surface area (Å²) in [5, 5.41) is 0. The van der Waals surface area contributed by atoms with Crippen LogP contribution < -0.4 is 11.5 Å². The molecule has 2 nitrogen and oxygen atoms in total. The Labute approximate surface area is 137 Å². The molecule has 4 N–H and O–H groups in total. The highest BCUT2D eigenvalue weighted by molar-refractivity contribution is 14.1. The zero-order valence-corrected chi connectivity index (χ0v) is 14.2. The van der Waals surface area contributed by atoms with Crippen molar-refractivity contribution in [3.05, 3.63) is 56.7 Å². The number of nitrogen functional groups attached to an aromatic ring is 2. The van der Waals surface area contributed by atoms with Crippen molar-refractivity contribution in [1.82, 2.24) is 0 Å². The maximum atomic E-state index is 12.9. The quantitative estimate of drug-likeness (QED) is 0.570. The van der Waals surface area contributed by atoms with Gasteiger partial charge in [0.25, 0.3) is 0 Å². The van der Waals surface area contributed by atoms with Crippen molar-refractivity contribution in [2.75, 3.05) is 11.5 Å². The average Bonchev–Trinajstić information content (AvgIpc) is 2.44. The Bertz CT molecular complexity index is 615. The first-order valence-corrected chi connectivity index (χ1v) is 7.74.